The van der Waals surface area contributed by atoms with Crippen LogP contribution in [0.25, 0.3) is 0 Å². The number of aryl methyl sites for hydroxylation is 2. The van der Waals surface area contributed by atoms with E-state index in [0.717, 1.165) is 11.6 Å². The topological polar surface area (TPSA) is 12.0 Å². The van der Waals surface area contributed by atoms with E-state index in [9.17, 15) is 0 Å². The second-order valence-corrected chi connectivity index (χ2v) is 6.05. The van der Waals surface area contributed by atoms with Crippen molar-refractivity contribution in [3.63, 3.8) is 0 Å². The number of hydrogen-bond acceptors (Lipinski definition) is 1. The SMILES string of the molecule is C[C@@H](NCc1ccc2c(c1)CCC2)c1cccc(Cl)c1. The van der Waals surface area contributed by atoms with Gasteiger partial charge in [-0.2, -0.15) is 0 Å². The van der Waals surface area contributed by atoms with Crippen molar-refractivity contribution in [2.75, 3.05) is 0 Å². The summed E-state index contributed by atoms with van der Waals surface area (Å²) < 4.78 is 0. The van der Waals surface area contributed by atoms with Gasteiger partial charge in [-0.3, -0.25) is 0 Å². The Morgan fingerprint density at radius 1 is 1.10 bits per heavy atom. The minimum atomic E-state index is 0.307. The average molecular weight is 286 g/mol. The third-order valence-electron chi connectivity index (χ3n) is 4.12. The molecule has 0 heterocycles. The highest BCUT2D eigenvalue weighted by Gasteiger charge is 2.11. The Labute approximate surface area is 126 Å². The Kier molecular flexibility index (Phi) is 4.09. The van der Waals surface area contributed by atoms with Crippen LogP contribution in [0.2, 0.25) is 5.02 Å². The number of nitrogens with one attached hydrogen (secondary N) is 1. The third-order valence-corrected chi connectivity index (χ3v) is 4.36. The molecule has 0 unspecified atom stereocenters. The molecule has 0 saturated carbocycles. The molecule has 20 heavy (non-hydrogen) atoms. The maximum Gasteiger partial charge on any atom is 0.0409 e. The summed E-state index contributed by atoms with van der Waals surface area (Å²) in [6, 6.07) is 15.3. The maximum absolute atomic E-state index is 6.04. The van der Waals surface area contributed by atoms with Crippen molar-refractivity contribution in [3.05, 3.63) is 69.7 Å². The van der Waals surface area contributed by atoms with Crippen molar-refractivity contribution < 1.29 is 0 Å². The second-order valence-electron chi connectivity index (χ2n) is 5.61. The predicted octanol–water partition coefficient (Wildman–Crippen LogP) is 4.68. The molecule has 104 valence electrons. The van der Waals surface area contributed by atoms with Crippen LogP contribution < -0.4 is 5.32 Å². The molecule has 1 aliphatic carbocycles. The van der Waals surface area contributed by atoms with Gasteiger partial charge in [-0.25, -0.2) is 0 Å². The van der Waals surface area contributed by atoms with E-state index in [0.29, 0.717) is 6.04 Å². The number of fused-ring (bicyclic) bond motifs is 1. The van der Waals surface area contributed by atoms with E-state index in [1.54, 1.807) is 5.56 Å². The molecule has 2 aromatic carbocycles. The van der Waals surface area contributed by atoms with Crippen LogP contribution in [-0.4, -0.2) is 0 Å². The molecule has 0 fully saturated rings. The van der Waals surface area contributed by atoms with Crippen molar-refractivity contribution in [2.24, 2.45) is 0 Å². The molecule has 1 aliphatic rings. The van der Waals surface area contributed by atoms with Crippen LogP contribution in [0.5, 0.6) is 0 Å². The summed E-state index contributed by atoms with van der Waals surface area (Å²) >= 11 is 6.04. The Hall–Kier alpha value is -1.31. The molecular weight excluding hydrogens is 266 g/mol. The first-order valence-electron chi connectivity index (χ1n) is 7.32. The first kappa shape index (κ1) is 13.7. The predicted molar refractivity (Wildman–Crippen MR) is 85.2 cm³/mol. The van der Waals surface area contributed by atoms with Crippen LogP contribution in [0, 0.1) is 0 Å². The highest BCUT2D eigenvalue weighted by molar-refractivity contribution is 6.30. The molecule has 1 atom stereocenters. The van der Waals surface area contributed by atoms with Gasteiger partial charge in [-0.05, 0) is 60.6 Å². The fourth-order valence-corrected chi connectivity index (χ4v) is 3.10. The molecule has 0 radical (unpaired) electrons. The summed E-state index contributed by atoms with van der Waals surface area (Å²) in [5, 5.41) is 4.37. The van der Waals surface area contributed by atoms with Gasteiger partial charge in [0.1, 0.15) is 0 Å². The van der Waals surface area contributed by atoms with E-state index >= 15 is 0 Å². The summed E-state index contributed by atoms with van der Waals surface area (Å²) in [6.07, 6.45) is 3.81. The van der Waals surface area contributed by atoms with Gasteiger partial charge in [0.25, 0.3) is 0 Å². The smallest absolute Gasteiger partial charge is 0.0409 e. The number of halogens is 1. The van der Waals surface area contributed by atoms with E-state index in [2.05, 4.69) is 36.5 Å². The van der Waals surface area contributed by atoms with Crippen LogP contribution in [0.4, 0.5) is 0 Å². The van der Waals surface area contributed by atoms with Gasteiger partial charge < -0.3 is 5.32 Å². The molecule has 1 nitrogen and oxygen atoms in total. The lowest BCUT2D eigenvalue weighted by molar-refractivity contribution is 0.574. The molecule has 0 amide bonds. The molecular formula is C18H20ClN. The van der Waals surface area contributed by atoms with E-state index in [1.165, 1.54) is 36.0 Å². The fraction of sp³-hybridized carbons (Fsp3) is 0.333. The van der Waals surface area contributed by atoms with Crippen molar-refractivity contribution in [3.8, 4) is 0 Å². The number of rotatable bonds is 4. The van der Waals surface area contributed by atoms with Crippen LogP contribution in [0.15, 0.2) is 42.5 Å². The fourth-order valence-electron chi connectivity index (χ4n) is 2.90. The zero-order valence-electron chi connectivity index (χ0n) is 11.8. The van der Waals surface area contributed by atoms with Crippen molar-refractivity contribution in [2.45, 2.75) is 38.8 Å². The quantitative estimate of drug-likeness (QED) is 0.860. The zero-order valence-corrected chi connectivity index (χ0v) is 12.6. The highest BCUT2D eigenvalue weighted by Crippen LogP contribution is 2.23. The van der Waals surface area contributed by atoms with Gasteiger partial charge >= 0.3 is 0 Å². The molecule has 1 N–H and O–H groups in total. The van der Waals surface area contributed by atoms with Crippen LogP contribution in [0.3, 0.4) is 0 Å². The Balaban J connectivity index is 1.64. The Bertz CT molecular complexity index is 606. The number of hydrogen-bond donors (Lipinski definition) is 1. The van der Waals surface area contributed by atoms with E-state index in [-0.39, 0.29) is 0 Å². The van der Waals surface area contributed by atoms with Crippen molar-refractivity contribution in [1.82, 2.24) is 5.32 Å². The molecule has 3 rings (SSSR count). The van der Waals surface area contributed by atoms with Gasteiger partial charge in [0, 0.05) is 17.6 Å². The minimum absolute atomic E-state index is 0.307. The lowest BCUT2D eigenvalue weighted by Gasteiger charge is -2.15. The monoisotopic (exact) mass is 285 g/mol. The molecule has 0 spiro atoms. The van der Waals surface area contributed by atoms with Gasteiger partial charge in [0.2, 0.25) is 0 Å². The molecule has 2 heteroatoms. The van der Waals surface area contributed by atoms with Gasteiger partial charge in [0.05, 0.1) is 0 Å². The van der Waals surface area contributed by atoms with E-state index < -0.39 is 0 Å². The summed E-state index contributed by atoms with van der Waals surface area (Å²) in [7, 11) is 0. The summed E-state index contributed by atoms with van der Waals surface area (Å²) in [5.41, 5.74) is 5.69. The molecule has 0 bridgehead atoms. The summed E-state index contributed by atoms with van der Waals surface area (Å²) in [5.74, 6) is 0. The first-order valence-corrected chi connectivity index (χ1v) is 7.70. The lowest BCUT2D eigenvalue weighted by Crippen LogP contribution is -2.18. The summed E-state index contributed by atoms with van der Waals surface area (Å²) in [4.78, 5) is 0. The standard InChI is InChI=1S/C18H20ClN/c1-13(16-5-3-7-18(19)11-16)20-12-14-8-9-15-4-2-6-17(15)10-14/h3,5,7-11,13,20H,2,4,6,12H2,1H3/t13-/m1/s1. The molecule has 0 aromatic heterocycles. The highest BCUT2D eigenvalue weighted by atomic mass is 35.5. The summed E-state index contributed by atoms with van der Waals surface area (Å²) in [6.45, 7) is 3.08. The van der Waals surface area contributed by atoms with Gasteiger partial charge in [-0.15, -0.1) is 0 Å². The van der Waals surface area contributed by atoms with E-state index in [1.807, 2.05) is 18.2 Å². The molecule has 0 saturated heterocycles. The van der Waals surface area contributed by atoms with Crippen LogP contribution in [0.1, 0.15) is 41.6 Å². The van der Waals surface area contributed by atoms with E-state index in [4.69, 9.17) is 11.6 Å². The Morgan fingerprint density at radius 2 is 1.95 bits per heavy atom. The first-order chi connectivity index (χ1) is 9.72. The molecule has 2 aromatic rings. The van der Waals surface area contributed by atoms with Gasteiger partial charge in [0.15, 0.2) is 0 Å². The molecule has 0 aliphatic heterocycles. The lowest BCUT2D eigenvalue weighted by atomic mass is 10.1. The normalized spacial score (nSPS) is 15.1. The largest absolute Gasteiger partial charge is 0.306 e. The van der Waals surface area contributed by atoms with Crippen molar-refractivity contribution in [1.29, 1.82) is 0 Å². The average Bonchev–Trinajstić information content (AvgIpc) is 2.92. The minimum Gasteiger partial charge on any atom is -0.306 e. The second kappa shape index (κ2) is 5.99. The Morgan fingerprint density at radius 3 is 2.80 bits per heavy atom. The van der Waals surface area contributed by atoms with Crippen molar-refractivity contribution >= 4 is 11.6 Å². The van der Waals surface area contributed by atoms with Crippen LogP contribution in [-0.2, 0) is 19.4 Å². The van der Waals surface area contributed by atoms with Gasteiger partial charge in [-0.1, -0.05) is 41.9 Å². The maximum atomic E-state index is 6.04. The van der Waals surface area contributed by atoms with Crippen LogP contribution >= 0.6 is 11.6 Å². The number of benzene rings is 2. The third kappa shape index (κ3) is 3.05. The zero-order chi connectivity index (χ0) is 13.9.